The summed E-state index contributed by atoms with van der Waals surface area (Å²) in [6.07, 6.45) is 5.19. The Morgan fingerprint density at radius 1 is 1.17 bits per heavy atom. The minimum absolute atomic E-state index is 0.124. The quantitative estimate of drug-likeness (QED) is 0.497. The Labute approximate surface area is 169 Å². The number of ether oxygens (including phenoxy) is 2. The summed E-state index contributed by atoms with van der Waals surface area (Å²) in [7, 11) is 0. The molecule has 1 saturated heterocycles. The normalized spacial score (nSPS) is 22.7. The first kappa shape index (κ1) is 22.3. The topological polar surface area (TPSA) is 119 Å². The van der Waals surface area contributed by atoms with Crippen LogP contribution in [0.15, 0.2) is 24.3 Å². The first-order valence-electron chi connectivity index (χ1n) is 9.35. The van der Waals surface area contributed by atoms with Gasteiger partial charge in [0.05, 0.1) is 24.5 Å². The van der Waals surface area contributed by atoms with E-state index in [9.17, 15) is 24.0 Å². The van der Waals surface area contributed by atoms with Crippen molar-refractivity contribution < 1.29 is 33.4 Å². The molecule has 9 heteroatoms. The lowest BCUT2D eigenvalue weighted by Gasteiger charge is -2.30. The summed E-state index contributed by atoms with van der Waals surface area (Å²) in [6.45, 7) is 5.80. The highest BCUT2D eigenvalue weighted by molar-refractivity contribution is 6.11. The van der Waals surface area contributed by atoms with E-state index in [4.69, 9.17) is 9.47 Å². The van der Waals surface area contributed by atoms with Crippen LogP contribution in [0.4, 0.5) is 4.79 Å². The molecule has 2 aliphatic rings. The molecule has 0 bridgehead atoms. The number of rotatable bonds is 7. The second kappa shape index (κ2) is 8.59. The molecule has 3 amide bonds. The molecule has 0 spiro atoms. The average Bonchev–Trinajstić information content (AvgIpc) is 2.83. The van der Waals surface area contributed by atoms with E-state index in [1.807, 2.05) is 0 Å². The fourth-order valence-corrected chi connectivity index (χ4v) is 3.24. The number of amides is 3. The van der Waals surface area contributed by atoms with Gasteiger partial charge in [0, 0.05) is 6.42 Å². The smallest absolute Gasteiger partial charge is 0.411 e. The Morgan fingerprint density at radius 2 is 1.86 bits per heavy atom. The molecule has 2 rings (SSSR count). The zero-order chi connectivity index (χ0) is 21.8. The molecule has 0 aromatic carbocycles. The average molecular weight is 406 g/mol. The zero-order valence-corrected chi connectivity index (χ0v) is 17.0. The Bertz CT molecular complexity index is 778. The highest BCUT2D eigenvalue weighted by atomic mass is 16.6. The van der Waals surface area contributed by atoms with E-state index in [0.29, 0.717) is 0 Å². The molecule has 1 aliphatic carbocycles. The van der Waals surface area contributed by atoms with Gasteiger partial charge in [-0.2, -0.15) is 0 Å². The van der Waals surface area contributed by atoms with Gasteiger partial charge in [0.2, 0.25) is 11.8 Å². The van der Waals surface area contributed by atoms with Crippen LogP contribution in [0.25, 0.3) is 0 Å². The third-order valence-corrected chi connectivity index (χ3v) is 4.44. The van der Waals surface area contributed by atoms with Crippen molar-refractivity contribution in [1.29, 1.82) is 0 Å². The van der Waals surface area contributed by atoms with Crippen molar-refractivity contribution >= 4 is 29.7 Å². The largest absolute Gasteiger partial charge is 0.465 e. The van der Waals surface area contributed by atoms with E-state index >= 15 is 0 Å². The van der Waals surface area contributed by atoms with Crippen LogP contribution in [0.3, 0.4) is 0 Å². The summed E-state index contributed by atoms with van der Waals surface area (Å²) in [5.74, 6) is -3.00. The maximum Gasteiger partial charge on any atom is 0.411 e. The van der Waals surface area contributed by atoms with Gasteiger partial charge in [-0.25, -0.2) is 4.79 Å². The number of carbonyl (C=O) groups excluding carboxylic acids is 5. The summed E-state index contributed by atoms with van der Waals surface area (Å²) < 4.78 is 10.1. The number of Topliss-reactive ketones (excluding diaryl/α,β-unsaturated/α-hetero) is 1. The van der Waals surface area contributed by atoms with Crippen LogP contribution in [0.1, 0.15) is 34.1 Å². The van der Waals surface area contributed by atoms with Gasteiger partial charge in [-0.1, -0.05) is 24.3 Å². The van der Waals surface area contributed by atoms with Crippen LogP contribution in [-0.4, -0.2) is 59.9 Å². The first-order valence-corrected chi connectivity index (χ1v) is 9.35. The molecule has 158 valence electrons. The van der Waals surface area contributed by atoms with Crippen LogP contribution >= 0.6 is 0 Å². The third kappa shape index (κ3) is 5.30. The number of allylic oxidation sites excluding steroid dienone is 2. The summed E-state index contributed by atoms with van der Waals surface area (Å²) in [4.78, 5) is 62.5. The fraction of sp³-hybridized carbons (Fsp3) is 0.550. The van der Waals surface area contributed by atoms with E-state index in [0.717, 1.165) is 4.90 Å². The van der Waals surface area contributed by atoms with E-state index in [2.05, 4.69) is 5.32 Å². The second-order valence-corrected chi connectivity index (χ2v) is 7.94. The van der Waals surface area contributed by atoms with Crippen LogP contribution in [-0.2, 0) is 28.7 Å². The summed E-state index contributed by atoms with van der Waals surface area (Å²) >= 11 is 0. The lowest BCUT2D eigenvalue weighted by atomic mass is 9.71. The Hall–Kier alpha value is -2.97. The lowest BCUT2D eigenvalue weighted by molar-refractivity contribution is -0.144. The van der Waals surface area contributed by atoms with Crippen molar-refractivity contribution in [2.45, 2.75) is 39.7 Å². The van der Waals surface area contributed by atoms with Crippen LogP contribution in [0.5, 0.6) is 0 Å². The van der Waals surface area contributed by atoms with Gasteiger partial charge in [-0.15, -0.1) is 0 Å². The molecular formula is C20H26N2O7. The standard InChI is InChI=1S/C20H26N2O7/c1-5-28-15(24)12-22(18(27)29-19(2,3)4)11-13(23)10-20-9-7-6-8-14(20)16(25)21-17(20)26/h6-9,14H,5,10-12H2,1-4H3,(H,21,25,26). The van der Waals surface area contributed by atoms with E-state index in [1.165, 1.54) is 6.08 Å². The monoisotopic (exact) mass is 406 g/mol. The molecule has 1 N–H and O–H groups in total. The van der Waals surface area contributed by atoms with Gasteiger partial charge in [-0.05, 0) is 27.7 Å². The number of hydrogen-bond donors (Lipinski definition) is 1. The maximum atomic E-state index is 12.8. The number of imide groups is 1. The molecular weight excluding hydrogens is 380 g/mol. The molecule has 2 unspecified atom stereocenters. The van der Waals surface area contributed by atoms with Gasteiger partial charge >= 0.3 is 12.1 Å². The molecule has 0 aromatic rings. The molecule has 2 atom stereocenters. The minimum Gasteiger partial charge on any atom is -0.465 e. The summed E-state index contributed by atoms with van der Waals surface area (Å²) in [6, 6.07) is 0. The van der Waals surface area contributed by atoms with E-state index in [-0.39, 0.29) is 13.0 Å². The number of ketones is 1. The molecule has 0 aromatic heterocycles. The minimum atomic E-state index is -1.33. The Balaban J connectivity index is 2.16. The van der Waals surface area contributed by atoms with Crippen molar-refractivity contribution in [3.63, 3.8) is 0 Å². The van der Waals surface area contributed by atoms with E-state index < -0.39 is 59.7 Å². The highest BCUT2D eigenvalue weighted by Crippen LogP contribution is 2.41. The lowest BCUT2D eigenvalue weighted by Crippen LogP contribution is -2.45. The highest BCUT2D eigenvalue weighted by Gasteiger charge is 2.54. The molecule has 0 radical (unpaired) electrons. The SMILES string of the molecule is CCOC(=O)CN(CC(=O)CC12C=CC=CC1C(=O)NC2=O)C(=O)OC(C)(C)C. The van der Waals surface area contributed by atoms with Gasteiger partial charge < -0.3 is 9.47 Å². The number of carbonyl (C=O) groups is 5. The first-order chi connectivity index (χ1) is 13.5. The van der Waals surface area contributed by atoms with Gasteiger partial charge in [0.25, 0.3) is 0 Å². The molecule has 29 heavy (non-hydrogen) atoms. The Morgan fingerprint density at radius 3 is 2.48 bits per heavy atom. The van der Waals surface area contributed by atoms with Crippen molar-refractivity contribution in [2.24, 2.45) is 11.3 Å². The number of hydrogen-bond acceptors (Lipinski definition) is 7. The van der Waals surface area contributed by atoms with Gasteiger partial charge in [0.15, 0.2) is 5.78 Å². The van der Waals surface area contributed by atoms with E-state index in [1.54, 1.807) is 45.9 Å². The number of fused-ring (bicyclic) bond motifs is 1. The molecule has 0 saturated carbocycles. The maximum absolute atomic E-state index is 12.8. The van der Waals surface area contributed by atoms with Crippen LogP contribution in [0, 0.1) is 11.3 Å². The van der Waals surface area contributed by atoms with Crippen LogP contribution in [0.2, 0.25) is 0 Å². The number of esters is 1. The third-order valence-electron chi connectivity index (χ3n) is 4.44. The number of nitrogens with zero attached hydrogens (tertiary/aromatic N) is 1. The molecule has 1 fully saturated rings. The summed E-state index contributed by atoms with van der Waals surface area (Å²) in [5.41, 5.74) is -2.15. The predicted octanol–water partition coefficient (Wildman–Crippen LogP) is 1.13. The van der Waals surface area contributed by atoms with Crippen molar-refractivity contribution in [1.82, 2.24) is 10.2 Å². The molecule has 1 aliphatic heterocycles. The van der Waals surface area contributed by atoms with Crippen molar-refractivity contribution in [2.75, 3.05) is 19.7 Å². The fourth-order valence-electron chi connectivity index (χ4n) is 3.24. The Kier molecular flexibility index (Phi) is 6.61. The molecule has 9 nitrogen and oxygen atoms in total. The number of nitrogens with one attached hydrogen (secondary N) is 1. The van der Waals surface area contributed by atoms with Crippen molar-refractivity contribution in [3.05, 3.63) is 24.3 Å². The predicted molar refractivity (Wildman–Crippen MR) is 101 cm³/mol. The zero-order valence-electron chi connectivity index (χ0n) is 17.0. The van der Waals surface area contributed by atoms with Gasteiger partial charge in [0.1, 0.15) is 12.1 Å². The van der Waals surface area contributed by atoms with Crippen molar-refractivity contribution in [3.8, 4) is 0 Å². The van der Waals surface area contributed by atoms with Gasteiger partial charge in [-0.3, -0.25) is 29.4 Å². The van der Waals surface area contributed by atoms with Crippen LogP contribution < -0.4 is 5.32 Å². The summed E-state index contributed by atoms with van der Waals surface area (Å²) in [5, 5.41) is 2.25. The molecule has 1 heterocycles. The second-order valence-electron chi connectivity index (χ2n) is 7.94.